The van der Waals surface area contributed by atoms with E-state index in [0.717, 1.165) is 30.2 Å². The highest BCUT2D eigenvalue weighted by molar-refractivity contribution is 5.87. The molecule has 1 unspecified atom stereocenters. The number of hydrogen-bond acceptors (Lipinski definition) is 3. The number of aromatic nitrogens is 1. The van der Waals surface area contributed by atoms with Crippen molar-refractivity contribution in [2.75, 3.05) is 6.61 Å². The molecule has 0 aliphatic carbocycles. The maximum Gasteiger partial charge on any atom is 0.244 e. The van der Waals surface area contributed by atoms with Crippen molar-refractivity contribution in [3.05, 3.63) is 60.7 Å². The summed E-state index contributed by atoms with van der Waals surface area (Å²) < 4.78 is 5.73. The summed E-state index contributed by atoms with van der Waals surface area (Å²) in [6.45, 7) is 6.86. The summed E-state index contributed by atoms with van der Waals surface area (Å²) in [5, 5.41) is 4.06. The summed E-state index contributed by atoms with van der Waals surface area (Å²) in [4.78, 5) is 16.2. The number of para-hydroxylation sites is 1. The molecule has 1 amide bonds. The van der Waals surface area contributed by atoms with Gasteiger partial charge in [0.1, 0.15) is 0 Å². The van der Waals surface area contributed by atoms with Crippen LogP contribution in [0.25, 0.3) is 10.9 Å². The fourth-order valence-electron chi connectivity index (χ4n) is 2.43. The first-order chi connectivity index (χ1) is 13.1. The van der Waals surface area contributed by atoms with Crippen LogP contribution in [0.1, 0.15) is 40.0 Å². The number of ether oxygens (including phenoxy) is 1. The smallest absolute Gasteiger partial charge is 0.244 e. The number of benzene rings is 1. The van der Waals surface area contributed by atoms with Crippen LogP contribution in [0.15, 0.2) is 60.7 Å². The summed E-state index contributed by atoms with van der Waals surface area (Å²) in [6.07, 6.45) is 10.3. The van der Waals surface area contributed by atoms with Crippen LogP contribution in [0.2, 0.25) is 0 Å². The molecule has 0 spiro atoms. The molecule has 0 saturated heterocycles. The van der Waals surface area contributed by atoms with Gasteiger partial charge in [-0.05, 0) is 44.2 Å². The summed E-state index contributed by atoms with van der Waals surface area (Å²) in [5.41, 5.74) is 0.955. The first-order valence-electron chi connectivity index (χ1n) is 9.68. The van der Waals surface area contributed by atoms with Gasteiger partial charge in [-0.1, -0.05) is 50.3 Å². The number of nitrogens with zero attached hydrogens (tertiary/aromatic N) is 1. The van der Waals surface area contributed by atoms with E-state index in [4.69, 9.17) is 4.74 Å². The predicted molar refractivity (Wildman–Crippen MR) is 112 cm³/mol. The van der Waals surface area contributed by atoms with Crippen LogP contribution in [0.5, 0.6) is 5.88 Å². The van der Waals surface area contributed by atoms with E-state index in [0.29, 0.717) is 18.4 Å². The summed E-state index contributed by atoms with van der Waals surface area (Å²) in [7, 11) is 0. The second-order valence-corrected chi connectivity index (χ2v) is 7.01. The van der Waals surface area contributed by atoms with Gasteiger partial charge in [0.2, 0.25) is 11.8 Å². The van der Waals surface area contributed by atoms with Gasteiger partial charge in [-0.25, -0.2) is 4.98 Å². The second-order valence-electron chi connectivity index (χ2n) is 7.01. The number of pyridine rings is 1. The SMILES string of the molecule is CC(C)C(C)NC(=O)C=CC=CCCCCOc1ccc2ccccc2n1. The Morgan fingerprint density at radius 1 is 1.11 bits per heavy atom. The first-order valence-corrected chi connectivity index (χ1v) is 9.68. The lowest BCUT2D eigenvalue weighted by molar-refractivity contribution is -0.117. The highest BCUT2D eigenvalue weighted by Gasteiger charge is 2.07. The Balaban J connectivity index is 1.59. The van der Waals surface area contributed by atoms with Crippen LogP contribution in [0, 0.1) is 5.92 Å². The molecule has 0 fully saturated rings. The van der Waals surface area contributed by atoms with Crippen molar-refractivity contribution < 1.29 is 9.53 Å². The van der Waals surface area contributed by atoms with Crippen LogP contribution in [-0.4, -0.2) is 23.5 Å². The summed E-state index contributed by atoms with van der Waals surface area (Å²) in [6, 6.07) is 12.2. The van der Waals surface area contributed by atoms with Crippen LogP contribution >= 0.6 is 0 Å². The van der Waals surface area contributed by atoms with Gasteiger partial charge in [0.25, 0.3) is 0 Å². The van der Waals surface area contributed by atoms with Crippen molar-refractivity contribution in [3.63, 3.8) is 0 Å². The fraction of sp³-hybridized carbons (Fsp3) is 0.391. The number of hydrogen-bond donors (Lipinski definition) is 1. The number of nitrogens with one attached hydrogen (secondary N) is 1. The molecule has 4 nitrogen and oxygen atoms in total. The van der Waals surface area contributed by atoms with E-state index in [1.165, 1.54) is 0 Å². The molecule has 144 valence electrons. The van der Waals surface area contributed by atoms with Gasteiger partial charge in [0, 0.05) is 23.6 Å². The van der Waals surface area contributed by atoms with Gasteiger partial charge >= 0.3 is 0 Å². The van der Waals surface area contributed by atoms with E-state index >= 15 is 0 Å². The Labute approximate surface area is 162 Å². The minimum Gasteiger partial charge on any atom is -0.478 e. The molecule has 1 N–H and O–H groups in total. The second kappa shape index (κ2) is 11.2. The average molecular weight is 367 g/mol. The molecule has 0 bridgehead atoms. The number of amides is 1. The molecule has 0 radical (unpaired) electrons. The Kier molecular flexibility index (Phi) is 8.56. The number of rotatable bonds is 10. The maximum atomic E-state index is 11.7. The van der Waals surface area contributed by atoms with Gasteiger partial charge < -0.3 is 10.1 Å². The third-order valence-corrected chi connectivity index (χ3v) is 4.45. The number of carbonyl (C=O) groups excluding carboxylic acids is 1. The van der Waals surface area contributed by atoms with Gasteiger partial charge in [-0.15, -0.1) is 0 Å². The molecule has 0 saturated carbocycles. The minimum absolute atomic E-state index is 0.0443. The van der Waals surface area contributed by atoms with Crippen LogP contribution in [-0.2, 0) is 4.79 Å². The first kappa shape index (κ1) is 20.7. The molecule has 2 aromatic rings. The van der Waals surface area contributed by atoms with Gasteiger partial charge in [-0.2, -0.15) is 0 Å². The molecule has 0 aliphatic heterocycles. The number of fused-ring (bicyclic) bond motifs is 1. The molecule has 1 atom stereocenters. The Morgan fingerprint density at radius 2 is 1.93 bits per heavy atom. The van der Waals surface area contributed by atoms with Crippen molar-refractivity contribution in [2.24, 2.45) is 5.92 Å². The van der Waals surface area contributed by atoms with Gasteiger partial charge in [0.05, 0.1) is 12.1 Å². The molecule has 1 heterocycles. The van der Waals surface area contributed by atoms with Crippen molar-refractivity contribution in [3.8, 4) is 5.88 Å². The lowest BCUT2D eigenvalue weighted by Crippen LogP contribution is -2.34. The Morgan fingerprint density at radius 3 is 2.74 bits per heavy atom. The van der Waals surface area contributed by atoms with E-state index in [2.05, 4.69) is 30.2 Å². The van der Waals surface area contributed by atoms with E-state index in [1.54, 1.807) is 12.2 Å². The summed E-state index contributed by atoms with van der Waals surface area (Å²) in [5.74, 6) is 1.07. The lowest BCUT2D eigenvalue weighted by Gasteiger charge is -2.15. The number of unbranched alkanes of at least 4 members (excludes halogenated alkanes) is 2. The molecule has 1 aromatic heterocycles. The van der Waals surface area contributed by atoms with Crippen molar-refractivity contribution >= 4 is 16.8 Å². The minimum atomic E-state index is -0.0443. The van der Waals surface area contributed by atoms with Crippen molar-refractivity contribution in [2.45, 2.75) is 46.1 Å². The topological polar surface area (TPSA) is 51.2 Å². The normalized spacial score (nSPS) is 12.9. The zero-order chi connectivity index (χ0) is 19.5. The lowest BCUT2D eigenvalue weighted by atomic mass is 10.1. The zero-order valence-electron chi connectivity index (χ0n) is 16.5. The maximum absolute atomic E-state index is 11.7. The molecular weight excluding hydrogens is 336 g/mol. The largest absolute Gasteiger partial charge is 0.478 e. The van der Waals surface area contributed by atoms with Crippen molar-refractivity contribution in [1.29, 1.82) is 0 Å². The average Bonchev–Trinajstić information content (AvgIpc) is 2.66. The Bertz CT molecular complexity index is 781. The highest BCUT2D eigenvalue weighted by Crippen LogP contribution is 2.16. The number of allylic oxidation sites excluding steroid dienone is 3. The molecular formula is C23H30N2O2. The highest BCUT2D eigenvalue weighted by atomic mass is 16.5. The molecule has 4 heteroatoms. The fourth-order valence-corrected chi connectivity index (χ4v) is 2.43. The third kappa shape index (κ3) is 7.65. The number of carbonyl (C=O) groups is 1. The van der Waals surface area contributed by atoms with E-state index < -0.39 is 0 Å². The zero-order valence-corrected chi connectivity index (χ0v) is 16.5. The van der Waals surface area contributed by atoms with Crippen LogP contribution < -0.4 is 10.1 Å². The van der Waals surface area contributed by atoms with Gasteiger partial charge in [-0.3, -0.25) is 4.79 Å². The van der Waals surface area contributed by atoms with Gasteiger partial charge in [0.15, 0.2) is 0 Å². The summed E-state index contributed by atoms with van der Waals surface area (Å²) >= 11 is 0. The van der Waals surface area contributed by atoms with E-state index in [-0.39, 0.29) is 11.9 Å². The molecule has 2 rings (SSSR count). The third-order valence-electron chi connectivity index (χ3n) is 4.45. The van der Waals surface area contributed by atoms with Crippen LogP contribution in [0.3, 0.4) is 0 Å². The van der Waals surface area contributed by atoms with Crippen LogP contribution in [0.4, 0.5) is 0 Å². The molecule has 1 aromatic carbocycles. The molecule has 0 aliphatic rings. The Hall–Kier alpha value is -2.62. The van der Waals surface area contributed by atoms with E-state index in [9.17, 15) is 4.79 Å². The monoisotopic (exact) mass is 366 g/mol. The quantitative estimate of drug-likeness (QED) is 0.363. The van der Waals surface area contributed by atoms with Crippen molar-refractivity contribution in [1.82, 2.24) is 10.3 Å². The standard InChI is InChI=1S/C23H30N2O2/c1-18(2)19(3)24-22(26)14-8-6-4-5-7-11-17-27-23-16-15-20-12-9-10-13-21(20)25-23/h4,6,8-10,12-16,18-19H,5,7,11,17H2,1-3H3,(H,24,26). The van der Waals surface area contributed by atoms with E-state index in [1.807, 2.05) is 49.4 Å². The molecule has 27 heavy (non-hydrogen) atoms. The predicted octanol–water partition coefficient (Wildman–Crippen LogP) is 5.06.